The molecule has 2 N–H and O–H groups in total. The number of rotatable bonds is 4. The van der Waals surface area contributed by atoms with Gasteiger partial charge in [-0.05, 0) is 67.4 Å². The van der Waals surface area contributed by atoms with Gasteiger partial charge in [0, 0.05) is 30.0 Å². The summed E-state index contributed by atoms with van der Waals surface area (Å²) in [5, 5.41) is 5.27. The predicted molar refractivity (Wildman–Crippen MR) is 139 cm³/mol. The number of anilines is 2. The number of carbonyl (C=O) groups excluding carboxylic acids is 2. The Morgan fingerprint density at radius 2 is 1.87 bits per heavy atom. The van der Waals surface area contributed by atoms with E-state index in [1.165, 1.54) is 29.4 Å². The summed E-state index contributed by atoms with van der Waals surface area (Å²) in [6.07, 6.45) is -1.17. The van der Waals surface area contributed by atoms with E-state index in [2.05, 4.69) is 41.5 Å². The summed E-state index contributed by atoms with van der Waals surface area (Å²) in [6, 6.07) is 5.57. The normalized spacial score (nSPS) is 18.2. The molecule has 1 saturated heterocycles. The molecule has 1 unspecified atom stereocenters. The number of aromatic nitrogens is 3. The van der Waals surface area contributed by atoms with Crippen molar-refractivity contribution in [3.8, 4) is 0 Å². The van der Waals surface area contributed by atoms with Gasteiger partial charge in [-0.25, -0.2) is 9.78 Å². The Bertz CT molecular complexity index is 1350. The van der Waals surface area contributed by atoms with Gasteiger partial charge in [-0.1, -0.05) is 0 Å². The van der Waals surface area contributed by atoms with E-state index in [9.17, 15) is 22.8 Å². The topological polar surface area (TPSA) is 109 Å². The zero-order valence-electron chi connectivity index (χ0n) is 20.8. The minimum Gasteiger partial charge on any atom is -0.444 e. The smallest absolute Gasteiger partial charge is 0.407 e. The average molecular weight is 595 g/mol. The van der Waals surface area contributed by atoms with E-state index in [-0.39, 0.29) is 30.9 Å². The lowest BCUT2D eigenvalue weighted by atomic mass is 9.93. The van der Waals surface area contributed by atoms with Gasteiger partial charge in [-0.2, -0.15) is 13.2 Å². The SMILES string of the molecule is CC(C)(C)OC(=O)N[C@H]1CC(C(F)(F)F)CN(c2ccncc2NC(=O)c2ccc3ncc(Br)cc3n2)C1. The molecule has 2 amide bonds. The van der Waals surface area contributed by atoms with Gasteiger partial charge in [0.05, 0.1) is 40.6 Å². The summed E-state index contributed by atoms with van der Waals surface area (Å²) >= 11 is 3.32. The molecule has 0 bridgehead atoms. The van der Waals surface area contributed by atoms with Crippen molar-refractivity contribution < 1.29 is 27.5 Å². The molecule has 0 aromatic carbocycles. The highest BCUT2D eigenvalue weighted by Gasteiger charge is 2.45. The molecule has 3 aromatic rings. The molecular weight excluding hydrogens is 569 g/mol. The van der Waals surface area contributed by atoms with Gasteiger partial charge >= 0.3 is 12.3 Å². The number of piperidine rings is 1. The highest BCUT2D eigenvalue weighted by Crippen LogP contribution is 2.37. The number of nitrogens with zero attached hydrogens (tertiary/aromatic N) is 4. The maximum atomic E-state index is 13.8. The number of ether oxygens (including phenoxy) is 1. The van der Waals surface area contributed by atoms with Gasteiger partial charge in [-0.15, -0.1) is 0 Å². The molecule has 0 saturated carbocycles. The van der Waals surface area contributed by atoms with Crippen LogP contribution in [0.3, 0.4) is 0 Å². The van der Waals surface area contributed by atoms with Gasteiger partial charge in [0.15, 0.2) is 0 Å². The molecule has 0 aliphatic carbocycles. The first kappa shape index (κ1) is 27.6. The highest BCUT2D eigenvalue weighted by atomic mass is 79.9. The minimum absolute atomic E-state index is 0.0760. The summed E-state index contributed by atoms with van der Waals surface area (Å²) in [6.45, 7) is 4.74. The van der Waals surface area contributed by atoms with Crippen LogP contribution in [0.4, 0.5) is 29.3 Å². The fraction of sp³-hybridized carbons (Fsp3) is 0.400. The number of amides is 2. The van der Waals surface area contributed by atoms with Gasteiger partial charge in [0.2, 0.25) is 0 Å². The largest absolute Gasteiger partial charge is 0.444 e. The first-order valence-electron chi connectivity index (χ1n) is 11.8. The zero-order valence-corrected chi connectivity index (χ0v) is 22.4. The average Bonchev–Trinajstić information content (AvgIpc) is 2.82. The number of halogens is 4. The van der Waals surface area contributed by atoms with Gasteiger partial charge < -0.3 is 20.3 Å². The van der Waals surface area contributed by atoms with Crippen molar-refractivity contribution in [3.63, 3.8) is 0 Å². The van der Waals surface area contributed by atoms with E-state index < -0.39 is 35.7 Å². The molecular formula is C25H26BrF3N6O3. The van der Waals surface area contributed by atoms with Crippen LogP contribution < -0.4 is 15.5 Å². The summed E-state index contributed by atoms with van der Waals surface area (Å²) in [5.41, 5.74) is 0.950. The van der Waals surface area contributed by atoms with Crippen LogP contribution in [0, 0.1) is 5.92 Å². The van der Waals surface area contributed by atoms with Crippen molar-refractivity contribution in [2.75, 3.05) is 23.3 Å². The van der Waals surface area contributed by atoms with E-state index in [0.717, 1.165) is 0 Å². The molecule has 2 atom stereocenters. The maximum absolute atomic E-state index is 13.8. The molecule has 0 radical (unpaired) electrons. The van der Waals surface area contributed by atoms with Crippen molar-refractivity contribution in [2.45, 2.75) is 45.0 Å². The molecule has 13 heteroatoms. The van der Waals surface area contributed by atoms with E-state index in [0.29, 0.717) is 21.2 Å². The van der Waals surface area contributed by atoms with Crippen molar-refractivity contribution in [1.82, 2.24) is 20.3 Å². The van der Waals surface area contributed by atoms with Crippen molar-refractivity contribution in [2.24, 2.45) is 5.92 Å². The van der Waals surface area contributed by atoms with Crippen LogP contribution in [-0.4, -0.2) is 57.9 Å². The lowest BCUT2D eigenvalue weighted by molar-refractivity contribution is -0.177. The number of hydrogen-bond donors (Lipinski definition) is 2. The number of nitrogens with one attached hydrogen (secondary N) is 2. The van der Waals surface area contributed by atoms with Crippen LogP contribution >= 0.6 is 15.9 Å². The molecule has 202 valence electrons. The Hall–Kier alpha value is -3.48. The Morgan fingerprint density at radius 1 is 1.11 bits per heavy atom. The Balaban J connectivity index is 1.57. The van der Waals surface area contributed by atoms with Gasteiger partial charge in [-0.3, -0.25) is 14.8 Å². The number of hydrogen-bond acceptors (Lipinski definition) is 7. The number of pyridine rings is 3. The minimum atomic E-state index is -4.49. The second-order valence-electron chi connectivity index (χ2n) is 9.96. The lowest BCUT2D eigenvalue weighted by Crippen LogP contribution is -2.54. The maximum Gasteiger partial charge on any atom is 0.407 e. The molecule has 38 heavy (non-hydrogen) atoms. The molecule has 3 aromatic heterocycles. The van der Waals surface area contributed by atoms with Crippen LogP contribution in [0.2, 0.25) is 0 Å². The van der Waals surface area contributed by atoms with E-state index in [1.807, 2.05) is 0 Å². The molecule has 1 aliphatic rings. The number of alkyl halides is 3. The van der Waals surface area contributed by atoms with Gasteiger partial charge in [0.25, 0.3) is 5.91 Å². The first-order chi connectivity index (χ1) is 17.8. The highest BCUT2D eigenvalue weighted by molar-refractivity contribution is 9.10. The third-order valence-corrected chi connectivity index (χ3v) is 6.19. The Kier molecular flexibility index (Phi) is 7.77. The van der Waals surface area contributed by atoms with Crippen molar-refractivity contribution in [1.29, 1.82) is 0 Å². The van der Waals surface area contributed by atoms with Crippen LogP contribution in [0.1, 0.15) is 37.7 Å². The summed E-state index contributed by atoms with van der Waals surface area (Å²) in [5.74, 6) is -2.27. The van der Waals surface area contributed by atoms with Crippen molar-refractivity contribution >= 4 is 50.3 Å². The fourth-order valence-corrected chi connectivity index (χ4v) is 4.48. The van der Waals surface area contributed by atoms with Crippen LogP contribution in [0.15, 0.2) is 47.3 Å². The predicted octanol–water partition coefficient (Wildman–Crippen LogP) is 5.32. The summed E-state index contributed by atoms with van der Waals surface area (Å²) in [7, 11) is 0. The standard InChI is InChI=1S/C25H26BrF3N6O3/c1-24(2,3)38-23(37)32-16-8-14(25(27,28)29)12-35(13-16)21-6-7-30-11-20(21)34-22(36)18-5-4-17-19(33-18)9-15(26)10-31-17/h4-7,9-11,14,16H,8,12-13H2,1-3H3,(H,32,37)(H,34,36)/t14?,16-/m0/s1. The van der Waals surface area contributed by atoms with E-state index >= 15 is 0 Å². The molecule has 0 spiro atoms. The Labute approximate surface area is 225 Å². The number of carbonyl (C=O) groups is 2. The van der Waals surface area contributed by atoms with Crippen LogP contribution in [-0.2, 0) is 4.74 Å². The third kappa shape index (κ3) is 6.88. The lowest BCUT2D eigenvalue weighted by Gasteiger charge is -2.40. The van der Waals surface area contributed by atoms with Crippen LogP contribution in [0.25, 0.3) is 11.0 Å². The molecule has 9 nitrogen and oxygen atoms in total. The number of alkyl carbamates (subject to hydrolysis) is 1. The molecule has 1 aliphatic heterocycles. The molecule has 4 heterocycles. The Morgan fingerprint density at radius 3 is 2.58 bits per heavy atom. The molecule has 1 fully saturated rings. The number of fused-ring (bicyclic) bond motifs is 1. The summed E-state index contributed by atoms with van der Waals surface area (Å²) in [4.78, 5) is 39.4. The van der Waals surface area contributed by atoms with E-state index in [1.54, 1.807) is 39.1 Å². The molecule has 4 rings (SSSR count). The third-order valence-electron chi connectivity index (χ3n) is 5.76. The monoisotopic (exact) mass is 594 g/mol. The first-order valence-corrected chi connectivity index (χ1v) is 12.6. The van der Waals surface area contributed by atoms with Crippen molar-refractivity contribution in [3.05, 3.63) is 53.0 Å². The van der Waals surface area contributed by atoms with E-state index in [4.69, 9.17) is 4.74 Å². The quantitative estimate of drug-likeness (QED) is 0.420. The fourth-order valence-electron chi connectivity index (χ4n) is 4.17. The van der Waals surface area contributed by atoms with Gasteiger partial charge in [0.1, 0.15) is 11.3 Å². The summed E-state index contributed by atoms with van der Waals surface area (Å²) < 4.78 is 47.4. The zero-order chi connectivity index (χ0) is 27.7. The second kappa shape index (κ2) is 10.7. The van der Waals surface area contributed by atoms with Crippen LogP contribution in [0.5, 0.6) is 0 Å². The second-order valence-corrected chi connectivity index (χ2v) is 10.9.